The Morgan fingerprint density at radius 3 is 2.65 bits per heavy atom. The maximum atomic E-state index is 12.5. The average Bonchev–Trinajstić information content (AvgIpc) is 3.18. The Bertz CT molecular complexity index is 938. The van der Waals surface area contributed by atoms with Crippen LogP contribution in [0.3, 0.4) is 0 Å². The molecule has 0 saturated carbocycles. The summed E-state index contributed by atoms with van der Waals surface area (Å²) in [4.78, 5) is 24.0. The summed E-state index contributed by atoms with van der Waals surface area (Å²) in [5, 5.41) is 12.5. The minimum atomic E-state index is -0.253. The molecule has 2 amide bonds. The molecule has 0 fully saturated rings. The van der Waals surface area contributed by atoms with Gasteiger partial charge in [-0.2, -0.15) is 5.10 Å². The van der Waals surface area contributed by atoms with Gasteiger partial charge in [-0.15, -0.1) is 0 Å². The summed E-state index contributed by atoms with van der Waals surface area (Å²) in [6.07, 6.45) is 3.82. The lowest BCUT2D eigenvalue weighted by Crippen LogP contribution is -2.13. The van der Waals surface area contributed by atoms with Gasteiger partial charge in [-0.1, -0.05) is 30.7 Å². The minimum Gasteiger partial charge on any atom is -0.325 e. The summed E-state index contributed by atoms with van der Waals surface area (Å²) < 4.78 is 0. The molecule has 0 spiro atoms. The largest absolute Gasteiger partial charge is 0.325 e. The molecule has 132 valence electrons. The van der Waals surface area contributed by atoms with E-state index < -0.39 is 0 Å². The fourth-order valence-corrected chi connectivity index (χ4v) is 2.61. The molecule has 0 bridgehead atoms. The Kier molecular flexibility index (Phi) is 5.34. The van der Waals surface area contributed by atoms with Crippen LogP contribution in [0.25, 0.3) is 11.1 Å². The second kappa shape index (κ2) is 7.84. The van der Waals surface area contributed by atoms with Crippen molar-refractivity contribution in [2.45, 2.75) is 13.3 Å². The molecule has 0 aliphatic carbocycles. The molecular formula is C19H17ClN4O2. The third-order valence-corrected chi connectivity index (χ3v) is 4.09. The molecule has 1 heterocycles. The number of rotatable bonds is 5. The number of anilines is 2. The number of amides is 2. The summed E-state index contributed by atoms with van der Waals surface area (Å²) in [6, 6.07) is 12.2. The van der Waals surface area contributed by atoms with Crippen LogP contribution in [0.2, 0.25) is 5.02 Å². The maximum absolute atomic E-state index is 12.5. The number of aromatic amines is 1. The lowest BCUT2D eigenvalue weighted by Gasteiger charge is -2.10. The van der Waals surface area contributed by atoms with Gasteiger partial charge >= 0.3 is 0 Å². The Morgan fingerprint density at radius 2 is 1.96 bits per heavy atom. The van der Waals surface area contributed by atoms with Gasteiger partial charge in [0, 0.05) is 29.4 Å². The summed E-state index contributed by atoms with van der Waals surface area (Å²) in [5.74, 6) is -0.378. The molecule has 0 unspecified atom stereocenters. The van der Waals surface area contributed by atoms with Gasteiger partial charge in [0.15, 0.2) is 0 Å². The van der Waals surface area contributed by atoms with Crippen LogP contribution >= 0.6 is 11.6 Å². The van der Waals surface area contributed by atoms with Crippen LogP contribution in [-0.4, -0.2) is 22.0 Å². The normalized spacial score (nSPS) is 10.4. The summed E-state index contributed by atoms with van der Waals surface area (Å²) >= 11 is 6.18. The second-order valence-electron chi connectivity index (χ2n) is 5.62. The van der Waals surface area contributed by atoms with Crippen molar-refractivity contribution in [3.63, 3.8) is 0 Å². The van der Waals surface area contributed by atoms with Crippen molar-refractivity contribution < 1.29 is 9.59 Å². The number of aromatic nitrogens is 2. The van der Waals surface area contributed by atoms with Crippen LogP contribution < -0.4 is 10.6 Å². The van der Waals surface area contributed by atoms with E-state index in [9.17, 15) is 9.59 Å². The molecule has 7 heteroatoms. The van der Waals surface area contributed by atoms with Crippen LogP contribution in [0, 0.1) is 0 Å². The van der Waals surface area contributed by atoms with E-state index in [0.29, 0.717) is 28.4 Å². The van der Waals surface area contributed by atoms with Crippen molar-refractivity contribution in [2.24, 2.45) is 0 Å². The zero-order chi connectivity index (χ0) is 18.5. The molecule has 3 rings (SSSR count). The highest BCUT2D eigenvalue weighted by Crippen LogP contribution is 2.26. The fourth-order valence-electron chi connectivity index (χ4n) is 2.38. The first-order chi connectivity index (χ1) is 12.6. The first-order valence-electron chi connectivity index (χ1n) is 8.07. The number of hydrogen-bond acceptors (Lipinski definition) is 3. The van der Waals surface area contributed by atoms with Crippen molar-refractivity contribution in [3.8, 4) is 11.1 Å². The predicted octanol–water partition coefficient (Wildman–Crippen LogP) is 4.33. The highest BCUT2D eigenvalue weighted by atomic mass is 35.5. The van der Waals surface area contributed by atoms with Crippen molar-refractivity contribution >= 4 is 34.8 Å². The van der Waals surface area contributed by atoms with Crippen molar-refractivity contribution in [3.05, 3.63) is 65.4 Å². The van der Waals surface area contributed by atoms with E-state index in [-0.39, 0.29) is 11.8 Å². The maximum Gasteiger partial charge on any atom is 0.255 e. The number of benzene rings is 2. The Morgan fingerprint density at radius 1 is 1.12 bits per heavy atom. The molecular weight excluding hydrogens is 352 g/mol. The summed E-state index contributed by atoms with van der Waals surface area (Å²) in [6.45, 7) is 1.76. The first-order valence-corrected chi connectivity index (χ1v) is 8.44. The molecule has 1 aromatic heterocycles. The van der Waals surface area contributed by atoms with Gasteiger partial charge < -0.3 is 10.6 Å². The lowest BCUT2D eigenvalue weighted by atomic mass is 10.1. The second-order valence-corrected chi connectivity index (χ2v) is 6.03. The monoisotopic (exact) mass is 368 g/mol. The molecule has 0 aliphatic rings. The van der Waals surface area contributed by atoms with Crippen LogP contribution in [0.1, 0.15) is 23.7 Å². The highest BCUT2D eigenvalue weighted by molar-refractivity contribution is 6.34. The molecule has 6 nitrogen and oxygen atoms in total. The van der Waals surface area contributed by atoms with Crippen LogP contribution in [0.4, 0.5) is 11.4 Å². The number of nitrogens with one attached hydrogen (secondary N) is 3. The Hall–Kier alpha value is -3.12. The van der Waals surface area contributed by atoms with Gasteiger partial charge in [-0.3, -0.25) is 14.7 Å². The van der Waals surface area contributed by atoms with E-state index in [1.165, 1.54) is 0 Å². The quantitative estimate of drug-likeness (QED) is 0.626. The predicted molar refractivity (Wildman–Crippen MR) is 102 cm³/mol. The highest BCUT2D eigenvalue weighted by Gasteiger charge is 2.10. The van der Waals surface area contributed by atoms with Gasteiger partial charge in [0.2, 0.25) is 5.91 Å². The molecule has 26 heavy (non-hydrogen) atoms. The van der Waals surface area contributed by atoms with Crippen molar-refractivity contribution in [2.75, 3.05) is 10.6 Å². The van der Waals surface area contributed by atoms with Crippen molar-refractivity contribution in [1.82, 2.24) is 10.2 Å². The van der Waals surface area contributed by atoms with E-state index in [1.807, 2.05) is 12.1 Å². The zero-order valence-corrected chi connectivity index (χ0v) is 14.8. The molecule has 0 atom stereocenters. The van der Waals surface area contributed by atoms with Gasteiger partial charge in [-0.25, -0.2) is 0 Å². The van der Waals surface area contributed by atoms with Crippen LogP contribution in [0.5, 0.6) is 0 Å². The summed E-state index contributed by atoms with van der Waals surface area (Å²) in [7, 11) is 0. The lowest BCUT2D eigenvalue weighted by molar-refractivity contribution is -0.115. The molecule has 0 aliphatic heterocycles. The molecule has 0 saturated heterocycles. The number of halogens is 1. The Labute approximate surface area is 155 Å². The van der Waals surface area contributed by atoms with Gasteiger partial charge in [0.1, 0.15) is 0 Å². The van der Waals surface area contributed by atoms with E-state index in [0.717, 1.165) is 11.1 Å². The van der Waals surface area contributed by atoms with E-state index in [1.54, 1.807) is 49.6 Å². The number of nitrogens with zero attached hydrogens (tertiary/aromatic N) is 1. The SMILES string of the molecule is CCC(=O)Nc1ccc(NC(=O)c2cccc(-c3cn[nH]c3)c2)cc1Cl. The number of carbonyl (C=O) groups excluding carboxylic acids is 2. The standard InChI is InChI=1S/C19H17ClN4O2/c1-2-18(25)24-17-7-6-15(9-16(17)20)23-19(26)13-5-3-4-12(8-13)14-10-21-22-11-14/h3-11H,2H2,1H3,(H,21,22)(H,23,26)(H,24,25). The minimum absolute atomic E-state index is 0.125. The number of hydrogen-bond donors (Lipinski definition) is 3. The molecule has 0 radical (unpaired) electrons. The molecule has 2 aromatic carbocycles. The van der Waals surface area contributed by atoms with Crippen molar-refractivity contribution in [1.29, 1.82) is 0 Å². The first kappa shape index (κ1) is 17.7. The van der Waals surface area contributed by atoms with E-state index in [2.05, 4.69) is 20.8 Å². The Balaban J connectivity index is 1.75. The fraction of sp³-hybridized carbons (Fsp3) is 0.105. The van der Waals surface area contributed by atoms with E-state index >= 15 is 0 Å². The molecule has 3 aromatic rings. The van der Waals surface area contributed by atoms with Crippen LogP contribution in [-0.2, 0) is 4.79 Å². The third-order valence-electron chi connectivity index (χ3n) is 3.78. The van der Waals surface area contributed by atoms with Gasteiger partial charge in [0.05, 0.1) is 16.9 Å². The third kappa shape index (κ3) is 4.10. The van der Waals surface area contributed by atoms with Gasteiger partial charge in [0.25, 0.3) is 5.91 Å². The average molecular weight is 369 g/mol. The topological polar surface area (TPSA) is 86.9 Å². The smallest absolute Gasteiger partial charge is 0.255 e. The van der Waals surface area contributed by atoms with Gasteiger partial charge in [-0.05, 0) is 35.9 Å². The number of H-pyrrole nitrogens is 1. The van der Waals surface area contributed by atoms with E-state index in [4.69, 9.17) is 11.6 Å². The molecule has 3 N–H and O–H groups in total. The summed E-state index contributed by atoms with van der Waals surface area (Å²) in [5.41, 5.74) is 3.37. The zero-order valence-electron chi connectivity index (χ0n) is 14.0. The van der Waals surface area contributed by atoms with Crippen LogP contribution in [0.15, 0.2) is 54.9 Å². The number of carbonyl (C=O) groups is 2.